The Bertz CT molecular complexity index is 599. The summed E-state index contributed by atoms with van der Waals surface area (Å²) >= 11 is 0. The highest BCUT2D eigenvalue weighted by atomic mass is 32.2. The zero-order valence-electron chi connectivity index (χ0n) is 11.5. The number of benzene rings is 1. The van der Waals surface area contributed by atoms with E-state index in [0.29, 0.717) is 31.6 Å². The van der Waals surface area contributed by atoms with Crippen molar-refractivity contribution in [2.24, 2.45) is 0 Å². The largest absolute Gasteiger partial charge is 0.313 e. The maximum atomic E-state index is 13.4. The third-order valence-corrected chi connectivity index (χ3v) is 5.18. The van der Waals surface area contributed by atoms with Gasteiger partial charge in [0.15, 0.2) is 0 Å². The van der Waals surface area contributed by atoms with Gasteiger partial charge in [0, 0.05) is 19.6 Å². The number of hydrogen-bond acceptors (Lipinski definition) is 3. The molecule has 1 aromatic carbocycles. The molecule has 0 aliphatic carbocycles. The fraction of sp³-hybridized carbons (Fsp3) is 0.429. The average Bonchev–Trinajstić information content (AvgIpc) is 2.47. The number of nitrogens with zero attached hydrogens (tertiary/aromatic N) is 1. The summed E-state index contributed by atoms with van der Waals surface area (Å²) < 4.78 is 40.1. The van der Waals surface area contributed by atoms with Crippen molar-refractivity contribution < 1.29 is 12.8 Å². The van der Waals surface area contributed by atoms with E-state index in [0.717, 1.165) is 12.6 Å². The first-order valence-corrected chi connectivity index (χ1v) is 8.14. The molecular weight excluding hydrogens is 279 g/mol. The summed E-state index contributed by atoms with van der Waals surface area (Å²) in [7, 11) is -3.64. The van der Waals surface area contributed by atoms with Crippen molar-refractivity contribution in [3.05, 3.63) is 41.7 Å². The van der Waals surface area contributed by atoms with E-state index in [9.17, 15) is 12.8 Å². The van der Waals surface area contributed by atoms with E-state index in [1.54, 1.807) is 0 Å². The van der Waals surface area contributed by atoms with Gasteiger partial charge in [-0.25, -0.2) is 12.8 Å². The summed E-state index contributed by atoms with van der Waals surface area (Å²) in [6.45, 7) is 3.86. The quantitative estimate of drug-likeness (QED) is 0.845. The number of halogens is 1. The van der Waals surface area contributed by atoms with Gasteiger partial charge in [0.25, 0.3) is 0 Å². The van der Waals surface area contributed by atoms with Crippen molar-refractivity contribution in [1.29, 1.82) is 0 Å². The Hall–Kier alpha value is -1.24. The molecule has 1 heterocycles. The van der Waals surface area contributed by atoms with Crippen LogP contribution >= 0.6 is 0 Å². The second kappa shape index (κ2) is 6.47. The van der Waals surface area contributed by atoms with Crippen molar-refractivity contribution in [3.63, 3.8) is 0 Å². The Kier molecular flexibility index (Phi) is 4.91. The topological polar surface area (TPSA) is 49.4 Å². The highest BCUT2D eigenvalue weighted by Crippen LogP contribution is 2.23. The fourth-order valence-corrected chi connectivity index (χ4v) is 3.79. The van der Waals surface area contributed by atoms with Crippen LogP contribution in [-0.2, 0) is 16.6 Å². The molecule has 0 unspecified atom stereocenters. The van der Waals surface area contributed by atoms with Gasteiger partial charge in [-0.1, -0.05) is 25.1 Å². The highest BCUT2D eigenvalue weighted by Gasteiger charge is 2.27. The van der Waals surface area contributed by atoms with Crippen LogP contribution in [0.2, 0.25) is 0 Å². The van der Waals surface area contributed by atoms with Crippen molar-refractivity contribution >= 4 is 10.0 Å². The zero-order valence-corrected chi connectivity index (χ0v) is 12.3. The van der Waals surface area contributed by atoms with Crippen LogP contribution in [0.3, 0.4) is 0 Å². The molecule has 110 valence electrons. The van der Waals surface area contributed by atoms with Crippen LogP contribution in [0.1, 0.15) is 18.9 Å². The Morgan fingerprint density at radius 1 is 1.35 bits per heavy atom. The minimum absolute atomic E-state index is 0.0637. The number of hydrogen-bond donors (Lipinski definition) is 1. The minimum Gasteiger partial charge on any atom is -0.313 e. The first kappa shape index (κ1) is 15.2. The lowest BCUT2D eigenvalue weighted by Crippen LogP contribution is -2.34. The first-order valence-electron chi connectivity index (χ1n) is 6.70. The van der Waals surface area contributed by atoms with Gasteiger partial charge in [-0.2, -0.15) is 4.31 Å². The average molecular weight is 298 g/mol. The predicted molar refractivity (Wildman–Crippen MR) is 76.3 cm³/mol. The van der Waals surface area contributed by atoms with E-state index in [2.05, 4.69) is 5.32 Å². The van der Waals surface area contributed by atoms with Crippen molar-refractivity contribution in [2.45, 2.75) is 24.8 Å². The Morgan fingerprint density at radius 2 is 2.15 bits per heavy atom. The lowest BCUT2D eigenvalue weighted by molar-refractivity contribution is 0.436. The van der Waals surface area contributed by atoms with Crippen LogP contribution in [0.15, 0.2) is 35.2 Å². The van der Waals surface area contributed by atoms with Gasteiger partial charge in [-0.3, -0.25) is 0 Å². The molecule has 0 amide bonds. The van der Waals surface area contributed by atoms with E-state index < -0.39 is 15.8 Å². The van der Waals surface area contributed by atoms with Gasteiger partial charge >= 0.3 is 0 Å². The smallest absolute Gasteiger partial charge is 0.243 e. The molecule has 0 saturated heterocycles. The molecule has 1 aliphatic rings. The standard InChI is InChI=1S/C14H19FN2O2S/c1-2-16-11-12-6-7-13(15)10-14(12)20(18,19)17-8-4-3-5-9-17/h3-4,6-7,10,16H,2,5,8-9,11H2,1H3. The molecule has 0 radical (unpaired) electrons. The molecule has 0 bridgehead atoms. The van der Waals surface area contributed by atoms with Gasteiger partial charge < -0.3 is 5.32 Å². The van der Waals surface area contributed by atoms with E-state index in [4.69, 9.17) is 0 Å². The summed E-state index contributed by atoms with van der Waals surface area (Å²) in [5, 5.41) is 3.08. The zero-order chi connectivity index (χ0) is 14.6. The maximum absolute atomic E-state index is 13.4. The number of rotatable bonds is 5. The summed E-state index contributed by atoms with van der Waals surface area (Å²) in [5.41, 5.74) is 0.600. The Balaban J connectivity index is 2.38. The molecule has 0 atom stereocenters. The van der Waals surface area contributed by atoms with Gasteiger partial charge in [-0.05, 0) is 30.7 Å². The Morgan fingerprint density at radius 3 is 2.80 bits per heavy atom. The highest BCUT2D eigenvalue weighted by molar-refractivity contribution is 7.89. The van der Waals surface area contributed by atoms with Gasteiger partial charge in [0.2, 0.25) is 10.0 Å². The molecule has 0 aromatic heterocycles. The molecule has 2 rings (SSSR count). The van der Waals surface area contributed by atoms with E-state index in [1.165, 1.54) is 16.4 Å². The summed E-state index contributed by atoms with van der Waals surface area (Å²) in [6.07, 6.45) is 4.47. The van der Waals surface area contributed by atoms with Crippen LogP contribution in [0.25, 0.3) is 0 Å². The van der Waals surface area contributed by atoms with Gasteiger partial charge in [0.1, 0.15) is 5.82 Å². The van der Waals surface area contributed by atoms with E-state index in [1.807, 2.05) is 19.1 Å². The molecule has 20 heavy (non-hydrogen) atoms. The third kappa shape index (κ3) is 3.26. The van der Waals surface area contributed by atoms with E-state index >= 15 is 0 Å². The lowest BCUT2D eigenvalue weighted by atomic mass is 10.2. The summed E-state index contributed by atoms with van der Waals surface area (Å²) in [5.74, 6) is -0.531. The van der Waals surface area contributed by atoms with Crippen LogP contribution in [0, 0.1) is 5.82 Å². The molecule has 1 aromatic rings. The van der Waals surface area contributed by atoms with Gasteiger partial charge in [-0.15, -0.1) is 0 Å². The molecule has 0 fully saturated rings. The summed E-state index contributed by atoms with van der Waals surface area (Å²) in [4.78, 5) is 0.0637. The fourth-order valence-electron chi connectivity index (χ4n) is 2.15. The Labute approximate surface area is 119 Å². The molecule has 0 saturated carbocycles. The lowest BCUT2D eigenvalue weighted by Gasteiger charge is -2.24. The second-order valence-corrected chi connectivity index (χ2v) is 6.56. The molecule has 6 heteroatoms. The number of sulfonamides is 1. The third-order valence-electron chi connectivity index (χ3n) is 3.23. The molecule has 0 spiro atoms. The SMILES string of the molecule is CCNCc1ccc(F)cc1S(=O)(=O)N1CC=CCC1. The van der Waals surface area contributed by atoms with Crippen molar-refractivity contribution in [1.82, 2.24) is 9.62 Å². The predicted octanol–water partition coefficient (Wildman–Crippen LogP) is 1.89. The van der Waals surface area contributed by atoms with Crippen molar-refractivity contribution in [2.75, 3.05) is 19.6 Å². The first-order chi connectivity index (χ1) is 9.55. The molecular formula is C14H19FN2O2S. The van der Waals surface area contributed by atoms with Crippen LogP contribution in [-0.4, -0.2) is 32.4 Å². The summed E-state index contributed by atoms with van der Waals surface area (Å²) in [6, 6.07) is 3.94. The maximum Gasteiger partial charge on any atom is 0.243 e. The van der Waals surface area contributed by atoms with E-state index in [-0.39, 0.29) is 4.90 Å². The molecule has 4 nitrogen and oxygen atoms in total. The monoisotopic (exact) mass is 298 g/mol. The number of nitrogens with one attached hydrogen (secondary N) is 1. The molecule has 1 aliphatic heterocycles. The van der Waals surface area contributed by atoms with Crippen LogP contribution < -0.4 is 5.32 Å². The normalized spacial score (nSPS) is 16.5. The van der Waals surface area contributed by atoms with Crippen LogP contribution in [0.5, 0.6) is 0 Å². The van der Waals surface area contributed by atoms with Crippen LogP contribution in [0.4, 0.5) is 4.39 Å². The minimum atomic E-state index is -3.64. The molecule has 1 N–H and O–H groups in total. The second-order valence-electron chi connectivity index (χ2n) is 4.66. The van der Waals surface area contributed by atoms with Gasteiger partial charge in [0.05, 0.1) is 4.90 Å². The van der Waals surface area contributed by atoms with Crippen molar-refractivity contribution in [3.8, 4) is 0 Å².